The quantitative estimate of drug-likeness (QED) is 0.541. The Labute approximate surface area is 164 Å². The number of hydrogen-bond donors (Lipinski definition) is 2. The molecule has 2 N–H and O–H groups in total. The molecule has 0 aliphatic rings. The van der Waals surface area contributed by atoms with Gasteiger partial charge >= 0.3 is 6.03 Å². The summed E-state index contributed by atoms with van der Waals surface area (Å²) in [5.74, 6) is 0.354. The summed E-state index contributed by atoms with van der Waals surface area (Å²) in [5, 5.41) is 5.48. The molecule has 0 unspecified atom stereocenters. The highest BCUT2D eigenvalue weighted by molar-refractivity contribution is 5.73. The number of nitrogens with one attached hydrogen (secondary N) is 2. The van der Waals surface area contributed by atoms with Crippen LogP contribution in [0.25, 0.3) is 0 Å². The minimum absolute atomic E-state index is 0.283. The Morgan fingerprint density at radius 3 is 2.54 bits per heavy atom. The molecule has 152 valence electrons. The Balaban J connectivity index is 1.52. The summed E-state index contributed by atoms with van der Waals surface area (Å²) >= 11 is 0. The Kier molecular flexibility index (Phi) is 9.79. The number of halogens is 2. The Morgan fingerprint density at radius 1 is 0.964 bits per heavy atom. The fourth-order valence-electron chi connectivity index (χ4n) is 2.46. The van der Waals surface area contributed by atoms with Crippen molar-refractivity contribution in [1.29, 1.82) is 0 Å². The van der Waals surface area contributed by atoms with Gasteiger partial charge in [-0.15, -0.1) is 0 Å². The average Bonchev–Trinajstić information content (AvgIpc) is 2.71. The van der Waals surface area contributed by atoms with E-state index in [1.807, 2.05) is 18.2 Å². The van der Waals surface area contributed by atoms with Gasteiger partial charge in [0.15, 0.2) is 0 Å². The molecule has 2 aromatic rings. The van der Waals surface area contributed by atoms with Crippen LogP contribution in [0.15, 0.2) is 54.6 Å². The topological polar surface area (TPSA) is 59.6 Å². The van der Waals surface area contributed by atoms with E-state index < -0.39 is 13.0 Å². The highest BCUT2D eigenvalue weighted by atomic mass is 19.3. The third kappa shape index (κ3) is 9.32. The number of benzene rings is 2. The molecule has 0 bridgehead atoms. The van der Waals surface area contributed by atoms with E-state index >= 15 is 0 Å². The number of carbonyl (C=O) groups excluding carboxylic acids is 1. The molecular weight excluding hydrogens is 366 g/mol. The van der Waals surface area contributed by atoms with Crippen LogP contribution in [0.1, 0.15) is 17.5 Å². The fourth-order valence-corrected chi connectivity index (χ4v) is 2.46. The molecule has 2 aromatic carbocycles. The van der Waals surface area contributed by atoms with Crippen LogP contribution in [0.3, 0.4) is 0 Å². The second-order valence-corrected chi connectivity index (χ2v) is 6.16. The molecule has 0 atom stereocenters. The predicted molar refractivity (Wildman–Crippen MR) is 104 cm³/mol. The number of carbonyl (C=O) groups is 1. The molecule has 7 heteroatoms. The first-order valence-electron chi connectivity index (χ1n) is 9.27. The van der Waals surface area contributed by atoms with Gasteiger partial charge in [0.1, 0.15) is 12.4 Å². The van der Waals surface area contributed by atoms with E-state index in [0.717, 1.165) is 18.4 Å². The summed E-state index contributed by atoms with van der Waals surface area (Å²) in [5.41, 5.74) is 2.01. The summed E-state index contributed by atoms with van der Waals surface area (Å²) in [6.07, 6.45) is -0.927. The van der Waals surface area contributed by atoms with E-state index in [9.17, 15) is 13.6 Å². The van der Waals surface area contributed by atoms with Gasteiger partial charge in [-0.3, -0.25) is 0 Å². The van der Waals surface area contributed by atoms with Gasteiger partial charge in [-0.1, -0.05) is 42.5 Å². The van der Waals surface area contributed by atoms with E-state index in [-0.39, 0.29) is 12.6 Å². The molecule has 0 aliphatic heterocycles. The maximum atomic E-state index is 12.2. The number of amides is 2. The lowest BCUT2D eigenvalue weighted by molar-refractivity contribution is 0.0818. The van der Waals surface area contributed by atoms with Crippen LogP contribution in [0, 0.1) is 0 Å². The van der Waals surface area contributed by atoms with E-state index in [0.29, 0.717) is 25.5 Å². The standard InChI is InChI=1S/C21H26F2N2O3/c22-20(23)16-28-19-9-4-8-18(14-19)15-25-21(26)24-11-5-12-27-13-10-17-6-2-1-3-7-17/h1-4,6-9,14,20H,5,10-13,15-16H2,(H2,24,25,26). The van der Waals surface area contributed by atoms with Gasteiger partial charge in [0.05, 0.1) is 6.61 Å². The molecule has 28 heavy (non-hydrogen) atoms. The van der Waals surface area contributed by atoms with Crippen molar-refractivity contribution in [3.8, 4) is 5.75 Å². The number of ether oxygens (including phenoxy) is 2. The van der Waals surface area contributed by atoms with E-state index in [1.165, 1.54) is 5.56 Å². The molecule has 2 rings (SSSR count). The van der Waals surface area contributed by atoms with Gasteiger partial charge < -0.3 is 20.1 Å². The van der Waals surface area contributed by atoms with Gasteiger partial charge in [-0.25, -0.2) is 13.6 Å². The monoisotopic (exact) mass is 392 g/mol. The fraction of sp³-hybridized carbons (Fsp3) is 0.381. The van der Waals surface area contributed by atoms with Crippen molar-refractivity contribution < 1.29 is 23.0 Å². The van der Waals surface area contributed by atoms with Crippen LogP contribution in [0.5, 0.6) is 5.75 Å². The molecule has 2 amide bonds. The molecule has 0 radical (unpaired) electrons. The van der Waals surface area contributed by atoms with Gasteiger partial charge in [-0.05, 0) is 36.1 Å². The second kappa shape index (κ2) is 12.7. The highest BCUT2D eigenvalue weighted by Crippen LogP contribution is 2.14. The van der Waals surface area contributed by atoms with Crippen molar-refractivity contribution in [2.24, 2.45) is 0 Å². The number of alkyl halides is 2. The van der Waals surface area contributed by atoms with Crippen molar-refractivity contribution in [3.05, 3.63) is 65.7 Å². The maximum absolute atomic E-state index is 12.2. The largest absolute Gasteiger partial charge is 0.488 e. The lowest BCUT2D eigenvalue weighted by atomic mass is 10.2. The first kappa shape index (κ1) is 21.6. The van der Waals surface area contributed by atoms with Crippen molar-refractivity contribution in [2.75, 3.05) is 26.4 Å². The summed E-state index contributed by atoms with van der Waals surface area (Å²) in [7, 11) is 0. The predicted octanol–water partition coefficient (Wildman–Crippen LogP) is 3.78. The summed E-state index contributed by atoms with van der Waals surface area (Å²) in [4.78, 5) is 11.8. The van der Waals surface area contributed by atoms with E-state index in [4.69, 9.17) is 9.47 Å². The minimum atomic E-state index is -2.52. The third-order valence-corrected chi connectivity index (χ3v) is 3.86. The molecule has 0 aromatic heterocycles. The lowest BCUT2D eigenvalue weighted by Crippen LogP contribution is -2.35. The van der Waals surface area contributed by atoms with Crippen LogP contribution in [-0.4, -0.2) is 38.8 Å². The van der Waals surface area contributed by atoms with Crippen LogP contribution < -0.4 is 15.4 Å². The van der Waals surface area contributed by atoms with Crippen LogP contribution >= 0.6 is 0 Å². The zero-order valence-electron chi connectivity index (χ0n) is 15.7. The molecule has 5 nitrogen and oxygen atoms in total. The molecule has 0 fully saturated rings. The SMILES string of the molecule is O=C(NCCCOCCc1ccccc1)NCc1cccc(OCC(F)F)c1. The first-order chi connectivity index (χ1) is 13.6. The lowest BCUT2D eigenvalue weighted by Gasteiger charge is -2.10. The van der Waals surface area contributed by atoms with Gasteiger partial charge in [0, 0.05) is 19.7 Å². The number of urea groups is 1. The van der Waals surface area contributed by atoms with Gasteiger partial charge in [-0.2, -0.15) is 0 Å². The number of hydrogen-bond acceptors (Lipinski definition) is 3. The number of rotatable bonds is 12. The Bertz CT molecular complexity index is 699. The molecular formula is C21H26F2N2O3. The molecule has 0 saturated carbocycles. The first-order valence-corrected chi connectivity index (χ1v) is 9.27. The highest BCUT2D eigenvalue weighted by Gasteiger charge is 2.05. The van der Waals surface area contributed by atoms with E-state index in [1.54, 1.807) is 24.3 Å². The molecule has 0 heterocycles. The van der Waals surface area contributed by atoms with Crippen LogP contribution in [-0.2, 0) is 17.7 Å². The summed E-state index contributed by atoms with van der Waals surface area (Å²) in [6, 6.07) is 16.6. The zero-order valence-corrected chi connectivity index (χ0v) is 15.7. The average molecular weight is 392 g/mol. The second-order valence-electron chi connectivity index (χ2n) is 6.16. The maximum Gasteiger partial charge on any atom is 0.315 e. The smallest absolute Gasteiger partial charge is 0.315 e. The summed E-state index contributed by atoms with van der Waals surface area (Å²) < 4.78 is 34.9. The molecule has 0 spiro atoms. The van der Waals surface area contributed by atoms with Crippen molar-refractivity contribution in [1.82, 2.24) is 10.6 Å². The Morgan fingerprint density at radius 2 is 1.75 bits per heavy atom. The van der Waals surface area contributed by atoms with E-state index in [2.05, 4.69) is 22.8 Å². The minimum Gasteiger partial charge on any atom is -0.488 e. The third-order valence-electron chi connectivity index (χ3n) is 3.86. The Hall–Kier alpha value is -2.67. The molecule has 0 saturated heterocycles. The normalized spacial score (nSPS) is 10.7. The van der Waals surface area contributed by atoms with Gasteiger partial charge in [0.25, 0.3) is 6.43 Å². The van der Waals surface area contributed by atoms with Crippen molar-refractivity contribution in [2.45, 2.75) is 25.8 Å². The van der Waals surface area contributed by atoms with Crippen LogP contribution in [0.4, 0.5) is 13.6 Å². The van der Waals surface area contributed by atoms with Crippen molar-refractivity contribution in [3.63, 3.8) is 0 Å². The van der Waals surface area contributed by atoms with Crippen molar-refractivity contribution >= 4 is 6.03 Å². The zero-order chi connectivity index (χ0) is 20.0. The molecule has 0 aliphatic carbocycles. The van der Waals surface area contributed by atoms with Crippen LogP contribution in [0.2, 0.25) is 0 Å². The van der Waals surface area contributed by atoms with Gasteiger partial charge in [0.2, 0.25) is 0 Å². The summed E-state index contributed by atoms with van der Waals surface area (Å²) in [6.45, 7) is 1.38.